The smallest absolute Gasteiger partial charge is 0.323 e. The van der Waals surface area contributed by atoms with Crippen molar-refractivity contribution in [3.05, 3.63) is 28.8 Å². The van der Waals surface area contributed by atoms with Gasteiger partial charge in [0.15, 0.2) is 11.2 Å². The summed E-state index contributed by atoms with van der Waals surface area (Å²) in [4.78, 5) is 22.3. The Bertz CT molecular complexity index is 517. The highest BCUT2D eigenvalue weighted by Gasteiger charge is 2.31. The number of Topliss-reactive ketones (excluding diaryl/α,β-unsaturated/α-hetero) is 1. The van der Waals surface area contributed by atoms with Crippen LogP contribution in [-0.4, -0.2) is 17.1 Å². The normalized spacial score (nSPS) is 12.9. The molecule has 1 aromatic carbocycles. The SMILES string of the molecule is CC(=O)C(Cl)C(=O)Nc1cc(C(F)(F)F)ccc1Cl. The number of amides is 1. The van der Waals surface area contributed by atoms with E-state index in [1.807, 2.05) is 0 Å². The highest BCUT2D eigenvalue weighted by atomic mass is 35.5. The standard InChI is InChI=1S/C11H8Cl2F3NO2/c1-5(18)9(13)10(19)17-8-4-6(11(14,15)16)2-3-7(8)12/h2-4,9H,1H3,(H,17,19). The molecule has 0 heterocycles. The molecule has 8 heteroatoms. The molecule has 1 atom stereocenters. The average Bonchev–Trinajstić information content (AvgIpc) is 2.29. The summed E-state index contributed by atoms with van der Waals surface area (Å²) in [6.07, 6.45) is -4.56. The third kappa shape index (κ3) is 4.11. The Hall–Kier alpha value is -1.27. The Kier molecular flexibility index (Phi) is 4.81. The van der Waals surface area contributed by atoms with Gasteiger partial charge in [-0.3, -0.25) is 9.59 Å². The number of alkyl halides is 4. The van der Waals surface area contributed by atoms with Crippen molar-refractivity contribution in [3.63, 3.8) is 0 Å². The molecule has 19 heavy (non-hydrogen) atoms. The topological polar surface area (TPSA) is 46.2 Å². The van der Waals surface area contributed by atoms with Gasteiger partial charge >= 0.3 is 6.18 Å². The summed E-state index contributed by atoms with van der Waals surface area (Å²) in [5.74, 6) is -1.56. The minimum atomic E-state index is -4.56. The second kappa shape index (κ2) is 5.79. The Morgan fingerprint density at radius 2 is 1.89 bits per heavy atom. The molecule has 0 saturated carbocycles. The van der Waals surface area contributed by atoms with Gasteiger partial charge in [0.1, 0.15) is 0 Å². The fourth-order valence-electron chi connectivity index (χ4n) is 1.18. The van der Waals surface area contributed by atoms with Crippen molar-refractivity contribution in [1.82, 2.24) is 0 Å². The molecule has 0 fully saturated rings. The first-order chi connectivity index (χ1) is 8.62. The Balaban J connectivity index is 3.01. The number of halogens is 5. The zero-order valence-electron chi connectivity index (χ0n) is 9.52. The van der Waals surface area contributed by atoms with Crippen LogP contribution in [0.4, 0.5) is 18.9 Å². The second-order valence-corrected chi connectivity index (χ2v) is 4.50. The number of nitrogens with one attached hydrogen (secondary N) is 1. The van der Waals surface area contributed by atoms with E-state index in [4.69, 9.17) is 23.2 Å². The largest absolute Gasteiger partial charge is 0.416 e. The fourth-order valence-corrected chi connectivity index (χ4v) is 1.40. The number of ketones is 1. The van der Waals surface area contributed by atoms with E-state index in [9.17, 15) is 22.8 Å². The van der Waals surface area contributed by atoms with Crippen molar-refractivity contribution in [1.29, 1.82) is 0 Å². The molecule has 1 unspecified atom stereocenters. The van der Waals surface area contributed by atoms with Gasteiger partial charge in [-0.05, 0) is 25.1 Å². The molecule has 0 saturated heterocycles. The molecule has 0 aromatic heterocycles. The van der Waals surface area contributed by atoms with Crippen LogP contribution in [0.2, 0.25) is 5.02 Å². The lowest BCUT2D eigenvalue weighted by atomic mass is 10.2. The van der Waals surface area contributed by atoms with Gasteiger partial charge in [0, 0.05) is 0 Å². The van der Waals surface area contributed by atoms with Crippen molar-refractivity contribution in [2.24, 2.45) is 0 Å². The quantitative estimate of drug-likeness (QED) is 0.686. The van der Waals surface area contributed by atoms with E-state index in [-0.39, 0.29) is 10.7 Å². The number of carbonyl (C=O) groups is 2. The molecule has 0 spiro atoms. The number of carbonyl (C=O) groups excluding carboxylic acids is 2. The van der Waals surface area contributed by atoms with Gasteiger partial charge in [-0.2, -0.15) is 13.2 Å². The van der Waals surface area contributed by atoms with Gasteiger partial charge in [0.05, 0.1) is 16.3 Å². The minimum Gasteiger partial charge on any atom is -0.323 e. The summed E-state index contributed by atoms with van der Waals surface area (Å²) in [6, 6.07) is 2.45. The lowest BCUT2D eigenvalue weighted by Gasteiger charge is -2.12. The van der Waals surface area contributed by atoms with Crippen molar-refractivity contribution in [2.75, 3.05) is 5.32 Å². The van der Waals surface area contributed by atoms with Crippen molar-refractivity contribution >= 4 is 40.6 Å². The Morgan fingerprint density at radius 3 is 2.37 bits per heavy atom. The van der Waals surface area contributed by atoms with Gasteiger partial charge in [-0.15, -0.1) is 11.6 Å². The summed E-state index contributed by atoms with van der Waals surface area (Å²) < 4.78 is 37.5. The molecule has 0 aliphatic rings. The molecule has 104 valence electrons. The van der Waals surface area contributed by atoms with Crippen LogP contribution in [-0.2, 0) is 15.8 Å². The predicted octanol–water partition coefficient (Wildman–Crippen LogP) is 3.49. The first-order valence-electron chi connectivity index (χ1n) is 4.95. The van der Waals surface area contributed by atoms with Crippen LogP contribution in [0.3, 0.4) is 0 Å². The number of benzene rings is 1. The van der Waals surface area contributed by atoms with Gasteiger partial charge in [0.2, 0.25) is 5.91 Å². The molecule has 1 N–H and O–H groups in total. The monoisotopic (exact) mass is 313 g/mol. The van der Waals surface area contributed by atoms with Crippen LogP contribution in [0, 0.1) is 0 Å². The summed E-state index contributed by atoms with van der Waals surface area (Å²) in [5.41, 5.74) is -1.23. The molecule has 0 aliphatic carbocycles. The van der Waals surface area contributed by atoms with Crippen LogP contribution in [0.1, 0.15) is 12.5 Å². The van der Waals surface area contributed by atoms with Gasteiger partial charge in [0.25, 0.3) is 0 Å². The van der Waals surface area contributed by atoms with Crippen LogP contribution < -0.4 is 5.32 Å². The molecular weight excluding hydrogens is 306 g/mol. The van der Waals surface area contributed by atoms with Crippen LogP contribution in [0.5, 0.6) is 0 Å². The Labute approximate surface area is 116 Å². The van der Waals surface area contributed by atoms with E-state index >= 15 is 0 Å². The van der Waals surface area contributed by atoms with Gasteiger partial charge in [-0.1, -0.05) is 11.6 Å². The molecule has 0 aliphatic heterocycles. The highest BCUT2D eigenvalue weighted by Crippen LogP contribution is 2.33. The van der Waals surface area contributed by atoms with E-state index < -0.39 is 28.8 Å². The molecule has 3 nitrogen and oxygen atoms in total. The average molecular weight is 314 g/mol. The van der Waals surface area contributed by atoms with E-state index in [1.54, 1.807) is 0 Å². The first kappa shape index (κ1) is 15.8. The zero-order valence-corrected chi connectivity index (χ0v) is 11.0. The van der Waals surface area contributed by atoms with Crippen molar-refractivity contribution < 1.29 is 22.8 Å². The number of hydrogen-bond acceptors (Lipinski definition) is 2. The lowest BCUT2D eigenvalue weighted by Crippen LogP contribution is -2.29. The summed E-state index contributed by atoms with van der Waals surface area (Å²) in [7, 11) is 0. The number of rotatable bonds is 3. The fraction of sp³-hybridized carbons (Fsp3) is 0.273. The highest BCUT2D eigenvalue weighted by molar-refractivity contribution is 6.43. The number of hydrogen-bond donors (Lipinski definition) is 1. The molecule has 1 amide bonds. The molecule has 1 aromatic rings. The van der Waals surface area contributed by atoms with E-state index in [0.29, 0.717) is 6.07 Å². The van der Waals surface area contributed by atoms with E-state index in [1.165, 1.54) is 0 Å². The molecule has 0 bridgehead atoms. The number of anilines is 1. The van der Waals surface area contributed by atoms with Crippen molar-refractivity contribution in [2.45, 2.75) is 18.5 Å². The maximum Gasteiger partial charge on any atom is 0.416 e. The molecule has 0 radical (unpaired) electrons. The lowest BCUT2D eigenvalue weighted by molar-refractivity contribution is -0.137. The predicted molar refractivity (Wildman–Crippen MR) is 65.4 cm³/mol. The third-order valence-electron chi connectivity index (χ3n) is 2.14. The Morgan fingerprint density at radius 1 is 1.32 bits per heavy atom. The van der Waals surface area contributed by atoms with Crippen LogP contribution >= 0.6 is 23.2 Å². The summed E-state index contributed by atoms with van der Waals surface area (Å²) in [6.45, 7) is 1.09. The second-order valence-electron chi connectivity index (χ2n) is 3.65. The molecule has 1 rings (SSSR count). The first-order valence-corrected chi connectivity index (χ1v) is 5.76. The van der Waals surface area contributed by atoms with E-state index in [2.05, 4.69) is 5.32 Å². The third-order valence-corrected chi connectivity index (χ3v) is 2.97. The summed E-state index contributed by atoms with van der Waals surface area (Å²) >= 11 is 11.1. The van der Waals surface area contributed by atoms with Gasteiger partial charge in [-0.25, -0.2) is 0 Å². The van der Waals surface area contributed by atoms with Crippen LogP contribution in [0.25, 0.3) is 0 Å². The maximum atomic E-state index is 12.5. The van der Waals surface area contributed by atoms with Crippen LogP contribution in [0.15, 0.2) is 18.2 Å². The zero-order chi connectivity index (χ0) is 14.8. The van der Waals surface area contributed by atoms with Gasteiger partial charge < -0.3 is 5.32 Å². The summed E-state index contributed by atoms with van der Waals surface area (Å²) in [5, 5.41) is 0.510. The van der Waals surface area contributed by atoms with E-state index in [0.717, 1.165) is 19.1 Å². The molecular formula is C11H8Cl2F3NO2. The minimum absolute atomic E-state index is 0.0891. The maximum absolute atomic E-state index is 12.5. The van der Waals surface area contributed by atoms with Crippen molar-refractivity contribution in [3.8, 4) is 0 Å².